The Morgan fingerprint density at radius 3 is 2.60 bits per heavy atom. The zero-order chi connectivity index (χ0) is 14.9. The lowest BCUT2D eigenvalue weighted by Gasteiger charge is -2.39. The van der Waals surface area contributed by atoms with E-state index in [0.29, 0.717) is 5.56 Å². The maximum atomic E-state index is 14.3. The van der Waals surface area contributed by atoms with Crippen molar-refractivity contribution >= 4 is 11.6 Å². The van der Waals surface area contributed by atoms with Gasteiger partial charge in [-0.25, -0.2) is 8.78 Å². The van der Waals surface area contributed by atoms with Crippen molar-refractivity contribution in [2.75, 3.05) is 20.8 Å². The van der Waals surface area contributed by atoms with Gasteiger partial charge in [-0.15, -0.1) is 0 Å². The van der Waals surface area contributed by atoms with Crippen LogP contribution in [0.3, 0.4) is 0 Å². The molecule has 0 fully saturated rings. The van der Waals surface area contributed by atoms with Gasteiger partial charge in [0, 0.05) is 43.1 Å². The van der Waals surface area contributed by atoms with Crippen LogP contribution in [0.5, 0.6) is 0 Å². The molecule has 0 aromatic heterocycles. The first-order valence-corrected chi connectivity index (χ1v) is 6.66. The lowest BCUT2D eigenvalue weighted by molar-refractivity contribution is -0.172. The van der Waals surface area contributed by atoms with E-state index in [1.807, 2.05) is 0 Å². The summed E-state index contributed by atoms with van der Waals surface area (Å²) in [4.78, 5) is 0. The Kier molecular flexibility index (Phi) is 4.64. The highest BCUT2D eigenvalue weighted by Gasteiger charge is 2.48. The third-order valence-corrected chi connectivity index (χ3v) is 4.06. The molecule has 1 unspecified atom stereocenters. The molecule has 2 atom stereocenters. The number of hydrogen-bond acceptors (Lipinski definition) is 3. The number of methoxy groups -OCH3 is 2. The summed E-state index contributed by atoms with van der Waals surface area (Å²) >= 11 is 5.80. The molecule has 0 amide bonds. The number of fused-ring (bicyclic) bond motifs is 1. The van der Waals surface area contributed by atoms with Crippen molar-refractivity contribution < 1.29 is 23.4 Å². The van der Waals surface area contributed by atoms with E-state index in [0.717, 1.165) is 0 Å². The predicted octanol–water partition coefficient (Wildman–Crippen LogP) is 3.15. The minimum Gasteiger partial charge on any atom is -0.396 e. The first kappa shape index (κ1) is 15.6. The number of ether oxygens (including phenoxy) is 2. The van der Waals surface area contributed by atoms with Crippen molar-refractivity contribution in [1.29, 1.82) is 0 Å². The van der Waals surface area contributed by atoms with Crippen LogP contribution in [0.4, 0.5) is 8.78 Å². The Balaban J connectivity index is 2.50. The fraction of sp³-hybridized carbons (Fsp3) is 0.571. The zero-order valence-electron chi connectivity index (χ0n) is 11.3. The maximum absolute atomic E-state index is 14.3. The molecule has 2 rings (SSSR count). The Hall–Kier alpha value is -0.750. The van der Waals surface area contributed by atoms with Gasteiger partial charge >= 0.3 is 0 Å². The molecular weight excluding hydrogens is 290 g/mol. The molecule has 3 nitrogen and oxygen atoms in total. The molecule has 0 aliphatic heterocycles. The van der Waals surface area contributed by atoms with E-state index in [9.17, 15) is 13.9 Å². The van der Waals surface area contributed by atoms with Gasteiger partial charge in [-0.2, -0.15) is 0 Å². The van der Waals surface area contributed by atoms with Gasteiger partial charge in [0.05, 0.1) is 6.61 Å². The molecule has 0 saturated carbocycles. The molecule has 1 aromatic rings. The zero-order valence-corrected chi connectivity index (χ0v) is 12.0. The van der Waals surface area contributed by atoms with Crippen molar-refractivity contribution in [3.8, 4) is 0 Å². The van der Waals surface area contributed by atoms with Gasteiger partial charge in [0.15, 0.2) is 6.29 Å². The molecule has 0 saturated heterocycles. The van der Waals surface area contributed by atoms with Gasteiger partial charge in [-0.3, -0.25) is 0 Å². The molecule has 0 bridgehead atoms. The van der Waals surface area contributed by atoms with Crippen LogP contribution in [0.1, 0.15) is 23.5 Å². The molecular formula is C14H17ClF2O3. The average molecular weight is 307 g/mol. The van der Waals surface area contributed by atoms with Gasteiger partial charge < -0.3 is 14.6 Å². The second kappa shape index (κ2) is 5.93. The van der Waals surface area contributed by atoms with Crippen molar-refractivity contribution in [3.63, 3.8) is 0 Å². The summed E-state index contributed by atoms with van der Waals surface area (Å²) in [6.07, 6.45) is -1.24. The van der Waals surface area contributed by atoms with Gasteiger partial charge in [0.25, 0.3) is 5.92 Å². The lowest BCUT2D eigenvalue weighted by Crippen LogP contribution is -2.40. The van der Waals surface area contributed by atoms with Crippen LogP contribution in [-0.4, -0.2) is 32.2 Å². The van der Waals surface area contributed by atoms with Crippen molar-refractivity contribution in [2.24, 2.45) is 5.92 Å². The van der Waals surface area contributed by atoms with Crippen LogP contribution in [-0.2, 0) is 15.4 Å². The number of hydrogen-bond donors (Lipinski definition) is 1. The van der Waals surface area contributed by atoms with Crippen LogP contribution in [0.25, 0.3) is 0 Å². The highest BCUT2D eigenvalue weighted by Crippen LogP contribution is 2.50. The highest BCUT2D eigenvalue weighted by molar-refractivity contribution is 6.30. The number of rotatable bonds is 4. The van der Waals surface area contributed by atoms with Crippen LogP contribution >= 0.6 is 11.6 Å². The topological polar surface area (TPSA) is 38.7 Å². The van der Waals surface area contributed by atoms with E-state index >= 15 is 0 Å². The normalized spacial score (nSPS) is 24.8. The Bertz CT molecular complexity index is 477. The van der Waals surface area contributed by atoms with E-state index in [1.165, 1.54) is 20.3 Å². The van der Waals surface area contributed by atoms with Crippen molar-refractivity contribution in [3.05, 3.63) is 34.3 Å². The van der Waals surface area contributed by atoms with Crippen LogP contribution in [0.15, 0.2) is 18.2 Å². The number of aliphatic hydroxyl groups excluding tert-OH is 1. The molecule has 1 aliphatic carbocycles. The highest BCUT2D eigenvalue weighted by atomic mass is 35.5. The third kappa shape index (κ3) is 2.68. The molecule has 112 valence electrons. The smallest absolute Gasteiger partial charge is 0.274 e. The first-order chi connectivity index (χ1) is 9.44. The van der Waals surface area contributed by atoms with Gasteiger partial charge in [-0.05, 0) is 17.7 Å². The predicted molar refractivity (Wildman–Crippen MR) is 71.1 cm³/mol. The fourth-order valence-corrected chi connectivity index (χ4v) is 3.09. The Morgan fingerprint density at radius 2 is 2.05 bits per heavy atom. The van der Waals surface area contributed by atoms with Crippen molar-refractivity contribution in [2.45, 2.75) is 24.6 Å². The van der Waals surface area contributed by atoms with E-state index in [-0.39, 0.29) is 17.2 Å². The SMILES string of the molecule is COC(OC)[C@@H]1CC(F)(F)c2cc(Cl)ccc2C1CO. The standard InChI is InChI=1S/C14H17ClF2O3/c1-19-13(20-2)10-6-14(16,17)12-5-8(15)3-4-9(12)11(10)7-18/h3-5,10-11,13,18H,6-7H2,1-2H3/t10-,11?/m1/s1. The minimum absolute atomic E-state index is 0.119. The fourth-order valence-electron chi connectivity index (χ4n) is 2.91. The maximum Gasteiger partial charge on any atom is 0.274 e. The molecule has 6 heteroatoms. The quantitative estimate of drug-likeness (QED) is 0.869. The number of alkyl halides is 2. The first-order valence-electron chi connectivity index (χ1n) is 6.28. The van der Waals surface area contributed by atoms with Gasteiger partial charge in [-0.1, -0.05) is 17.7 Å². The molecule has 0 spiro atoms. The minimum atomic E-state index is -3.02. The lowest BCUT2D eigenvalue weighted by atomic mass is 9.73. The molecule has 0 heterocycles. The Labute approximate surface area is 121 Å². The van der Waals surface area contributed by atoms with Gasteiger partial charge in [0.2, 0.25) is 0 Å². The Morgan fingerprint density at radius 1 is 1.40 bits per heavy atom. The summed E-state index contributed by atoms with van der Waals surface area (Å²) in [6.45, 7) is -0.251. The second-order valence-corrected chi connectivity index (χ2v) is 5.37. The molecule has 20 heavy (non-hydrogen) atoms. The largest absolute Gasteiger partial charge is 0.396 e. The number of aliphatic hydroxyl groups is 1. The molecule has 0 radical (unpaired) electrons. The van der Waals surface area contributed by atoms with E-state index < -0.39 is 30.5 Å². The summed E-state index contributed by atoms with van der Waals surface area (Å²) in [5.41, 5.74) is 0.281. The average Bonchev–Trinajstić information content (AvgIpc) is 2.41. The summed E-state index contributed by atoms with van der Waals surface area (Å²) in [7, 11) is 2.80. The van der Waals surface area contributed by atoms with Crippen LogP contribution in [0, 0.1) is 5.92 Å². The summed E-state index contributed by atoms with van der Waals surface area (Å²) < 4.78 is 38.9. The monoisotopic (exact) mass is 306 g/mol. The number of benzene rings is 1. The summed E-state index contributed by atoms with van der Waals surface area (Å²) in [5, 5.41) is 9.86. The molecule has 1 N–H and O–H groups in total. The van der Waals surface area contributed by atoms with E-state index in [1.54, 1.807) is 12.1 Å². The molecule has 1 aliphatic rings. The molecule has 1 aromatic carbocycles. The van der Waals surface area contributed by atoms with E-state index in [2.05, 4.69) is 0 Å². The van der Waals surface area contributed by atoms with Gasteiger partial charge in [0.1, 0.15) is 0 Å². The van der Waals surface area contributed by atoms with Crippen molar-refractivity contribution in [1.82, 2.24) is 0 Å². The third-order valence-electron chi connectivity index (χ3n) is 3.83. The summed E-state index contributed by atoms with van der Waals surface area (Å²) in [6, 6.07) is 4.36. The summed E-state index contributed by atoms with van der Waals surface area (Å²) in [5.74, 6) is -4.11. The van der Waals surface area contributed by atoms with Crippen LogP contribution < -0.4 is 0 Å². The number of halogens is 3. The second-order valence-electron chi connectivity index (χ2n) is 4.93. The van der Waals surface area contributed by atoms with E-state index in [4.69, 9.17) is 21.1 Å². The van der Waals surface area contributed by atoms with Crippen LogP contribution in [0.2, 0.25) is 5.02 Å².